The molecular weight excluding hydrogens is 304 g/mol. The van der Waals surface area contributed by atoms with Crippen molar-refractivity contribution in [2.75, 3.05) is 26.7 Å². The van der Waals surface area contributed by atoms with Crippen LogP contribution in [0.4, 0.5) is 0 Å². The predicted molar refractivity (Wildman–Crippen MR) is 92.3 cm³/mol. The second kappa shape index (κ2) is 6.91. The van der Waals surface area contributed by atoms with Crippen LogP contribution in [0.1, 0.15) is 32.4 Å². The summed E-state index contributed by atoms with van der Waals surface area (Å²) in [5, 5.41) is 19.5. The zero-order valence-corrected chi connectivity index (χ0v) is 14.6. The van der Waals surface area contributed by atoms with Gasteiger partial charge in [-0.25, -0.2) is 4.68 Å². The third kappa shape index (κ3) is 2.91. The molecule has 3 saturated heterocycles. The van der Waals surface area contributed by atoms with Crippen molar-refractivity contribution in [2.45, 2.75) is 32.3 Å². The number of ether oxygens (including phenoxy) is 1. The molecule has 1 N–H and O–H groups in total. The monoisotopic (exact) mass is 330 g/mol. The zero-order valence-electron chi connectivity index (χ0n) is 14.6. The summed E-state index contributed by atoms with van der Waals surface area (Å²) in [5.41, 5.74) is 0.725. The van der Waals surface area contributed by atoms with Crippen LogP contribution < -0.4 is 4.74 Å². The average Bonchev–Trinajstić information content (AvgIpc) is 3.15. The molecule has 0 spiro atoms. The van der Waals surface area contributed by atoms with Crippen LogP contribution in [-0.2, 0) is 5.60 Å². The van der Waals surface area contributed by atoms with Crippen LogP contribution in [0.2, 0.25) is 0 Å². The van der Waals surface area contributed by atoms with E-state index in [0.717, 1.165) is 37.4 Å². The number of methoxy groups -OCH3 is 1. The van der Waals surface area contributed by atoms with Crippen molar-refractivity contribution < 1.29 is 9.84 Å². The van der Waals surface area contributed by atoms with Crippen LogP contribution in [0.25, 0.3) is 5.69 Å². The van der Waals surface area contributed by atoms with Crippen molar-refractivity contribution in [3.8, 4) is 11.4 Å². The number of aromatic nitrogens is 3. The first kappa shape index (κ1) is 16.9. The Labute approximate surface area is 143 Å². The Balaban J connectivity index is 0.000000815. The summed E-state index contributed by atoms with van der Waals surface area (Å²) in [7, 11) is 1.64. The van der Waals surface area contributed by atoms with Gasteiger partial charge in [0.2, 0.25) is 0 Å². The number of rotatable bonds is 3. The molecule has 0 radical (unpaired) electrons. The first-order valence-electron chi connectivity index (χ1n) is 8.71. The SMILES string of the molecule is CC.COc1ccc(-n2cc(C3(O)CN4CCC3CC4)nn2)cc1. The summed E-state index contributed by atoms with van der Waals surface area (Å²) >= 11 is 0. The smallest absolute Gasteiger partial charge is 0.125 e. The van der Waals surface area contributed by atoms with Crippen molar-refractivity contribution in [3.05, 3.63) is 36.2 Å². The maximum atomic E-state index is 11.1. The molecule has 130 valence electrons. The number of hydrogen-bond acceptors (Lipinski definition) is 5. The summed E-state index contributed by atoms with van der Waals surface area (Å²) in [6.07, 6.45) is 3.92. The summed E-state index contributed by atoms with van der Waals surface area (Å²) in [6.45, 7) is 6.83. The lowest BCUT2D eigenvalue weighted by Gasteiger charge is -2.49. The fourth-order valence-electron chi connectivity index (χ4n) is 3.65. The van der Waals surface area contributed by atoms with E-state index < -0.39 is 5.60 Å². The lowest BCUT2D eigenvalue weighted by molar-refractivity contribution is -0.120. The molecule has 0 aliphatic carbocycles. The minimum Gasteiger partial charge on any atom is -0.497 e. The largest absolute Gasteiger partial charge is 0.497 e. The van der Waals surface area contributed by atoms with E-state index >= 15 is 0 Å². The van der Waals surface area contributed by atoms with Gasteiger partial charge in [-0.2, -0.15) is 0 Å². The van der Waals surface area contributed by atoms with Crippen LogP contribution in [0.15, 0.2) is 30.5 Å². The van der Waals surface area contributed by atoms with Gasteiger partial charge >= 0.3 is 0 Å². The Bertz CT molecular complexity index is 662. The molecule has 4 heterocycles. The standard InChI is InChI=1S/C16H20N4O2.C2H6/c1-22-14-4-2-13(3-5-14)20-10-15(17-18-20)16(21)11-19-8-6-12(16)7-9-19;1-2/h2-5,10,12,21H,6-9,11H2,1H3;1-2H3. The topological polar surface area (TPSA) is 63.4 Å². The van der Waals surface area contributed by atoms with E-state index in [-0.39, 0.29) is 0 Å². The molecule has 5 rings (SSSR count). The highest BCUT2D eigenvalue weighted by Crippen LogP contribution is 2.41. The lowest BCUT2D eigenvalue weighted by atomic mass is 9.74. The normalized spacial score (nSPS) is 28.2. The summed E-state index contributed by atoms with van der Waals surface area (Å²) in [4.78, 5) is 2.31. The Kier molecular flexibility index (Phi) is 4.87. The second-order valence-corrected chi connectivity index (χ2v) is 6.22. The molecule has 6 nitrogen and oxygen atoms in total. The summed E-state index contributed by atoms with van der Waals surface area (Å²) in [5.74, 6) is 1.10. The number of piperidine rings is 3. The molecule has 2 aromatic rings. The van der Waals surface area contributed by atoms with Gasteiger partial charge < -0.3 is 14.7 Å². The molecule has 3 aliphatic heterocycles. The van der Waals surface area contributed by atoms with E-state index in [1.807, 2.05) is 44.3 Å². The van der Waals surface area contributed by atoms with Gasteiger partial charge in [0.1, 0.15) is 17.0 Å². The second-order valence-electron chi connectivity index (χ2n) is 6.22. The van der Waals surface area contributed by atoms with Gasteiger partial charge in [0.25, 0.3) is 0 Å². The highest BCUT2D eigenvalue weighted by molar-refractivity contribution is 5.37. The summed E-state index contributed by atoms with van der Waals surface area (Å²) in [6, 6.07) is 7.63. The molecule has 3 aliphatic rings. The fourth-order valence-corrected chi connectivity index (χ4v) is 3.65. The molecule has 2 bridgehead atoms. The number of aliphatic hydroxyl groups is 1. The van der Waals surface area contributed by atoms with E-state index in [4.69, 9.17) is 4.74 Å². The van der Waals surface area contributed by atoms with Gasteiger partial charge in [-0.3, -0.25) is 0 Å². The molecule has 0 saturated carbocycles. The minimum atomic E-state index is -0.860. The third-order valence-corrected chi connectivity index (χ3v) is 5.00. The van der Waals surface area contributed by atoms with Gasteiger partial charge in [0, 0.05) is 6.54 Å². The van der Waals surface area contributed by atoms with Crippen molar-refractivity contribution in [3.63, 3.8) is 0 Å². The highest BCUT2D eigenvalue weighted by Gasteiger charge is 2.48. The van der Waals surface area contributed by atoms with Crippen molar-refractivity contribution in [1.29, 1.82) is 0 Å². The first-order valence-corrected chi connectivity index (χ1v) is 8.71. The van der Waals surface area contributed by atoms with E-state index in [1.165, 1.54) is 0 Å². The van der Waals surface area contributed by atoms with Crippen molar-refractivity contribution >= 4 is 0 Å². The minimum absolute atomic E-state index is 0.290. The van der Waals surface area contributed by atoms with Gasteiger partial charge in [0.15, 0.2) is 0 Å². The van der Waals surface area contributed by atoms with E-state index in [1.54, 1.807) is 11.8 Å². The van der Waals surface area contributed by atoms with Gasteiger partial charge in [0.05, 0.1) is 19.0 Å². The van der Waals surface area contributed by atoms with Crippen molar-refractivity contribution in [2.24, 2.45) is 5.92 Å². The molecule has 6 heteroatoms. The number of fused-ring (bicyclic) bond motifs is 3. The molecule has 24 heavy (non-hydrogen) atoms. The molecule has 3 fully saturated rings. The molecule has 0 amide bonds. The van der Waals surface area contributed by atoms with Gasteiger partial charge in [-0.1, -0.05) is 19.1 Å². The number of nitrogens with zero attached hydrogens (tertiary/aromatic N) is 4. The Morgan fingerprint density at radius 1 is 1.17 bits per heavy atom. The van der Waals surface area contributed by atoms with E-state index in [9.17, 15) is 5.11 Å². The Morgan fingerprint density at radius 2 is 1.83 bits per heavy atom. The van der Waals surface area contributed by atoms with Gasteiger partial charge in [-0.05, 0) is 56.1 Å². The van der Waals surface area contributed by atoms with Crippen LogP contribution >= 0.6 is 0 Å². The Morgan fingerprint density at radius 3 is 2.38 bits per heavy atom. The van der Waals surface area contributed by atoms with Crippen LogP contribution in [0.5, 0.6) is 5.75 Å². The predicted octanol–water partition coefficient (Wildman–Crippen LogP) is 2.22. The van der Waals surface area contributed by atoms with Gasteiger partial charge in [-0.15, -0.1) is 5.10 Å². The van der Waals surface area contributed by atoms with Crippen LogP contribution in [0.3, 0.4) is 0 Å². The number of benzene rings is 1. The van der Waals surface area contributed by atoms with E-state index in [0.29, 0.717) is 18.2 Å². The molecular formula is C18H26N4O2. The van der Waals surface area contributed by atoms with Crippen LogP contribution in [0, 0.1) is 5.92 Å². The van der Waals surface area contributed by atoms with Crippen LogP contribution in [-0.4, -0.2) is 51.7 Å². The molecule has 1 aromatic heterocycles. The first-order chi connectivity index (χ1) is 11.7. The zero-order chi connectivity index (χ0) is 17.2. The number of hydrogen-bond donors (Lipinski definition) is 1. The average molecular weight is 330 g/mol. The van der Waals surface area contributed by atoms with E-state index in [2.05, 4.69) is 15.2 Å². The quantitative estimate of drug-likeness (QED) is 0.935. The third-order valence-electron chi connectivity index (χ3n) is 5.00. The Hall–Kier alpha value is -1.92. The maximum absolute atomic E-state index is 11.1. The lowest BCUT2D eigenvalue weighted by Crippen LogP contribution is -2.57. The fraction of sp³-hybridized carbons (Fsp3) is 0.556. The maximum Gasteiger partial charge on any atom is 0.125 e. The summed E-state index contributed by atoms with van der Waals surface area (Å²) < 4.78 is 6.88. The highest BCUT2D eigenvalue weighted by atomic mass is 16.5. The molecule has 1 atom stereocenters. The molecule has 1 aromatic carbocycles. The molecule has 1 unspecified atom stereocenters. The van der Waals surface area contributed by atoms with Crippen molar-refractivity contribution in [1.82, 2.24) is 19.9 Å².